The van der Waals surface area contributed by atoms with Gasteiger partial charge in [-0.15, -0.1) is 11.8 Å². The van der Waals surface area contributed by atoms with Gasteiger partial charge in [-0.1, -0.05) is 26.0 Å². The van der Waals surface area contributed by atoms with Gasteiger partial charge in [0.15, 0.2) is 5.69 Å². The lowest BCUT2D eigenvalue weighted by Gasteiger charge is -2.14. The number of nitrogens with zero attached hydrogens (tertiary/aromatic N) is 1. The third-order valence-corrected chi connectivity index (χ3v) is 2.84. The third kappa shape index (κ3) is 3.17. The summed E-state index contributed by atoms with van der Waals surface area (Å²) in [6.07, 6.45) is -4.40. The maximum Gasteiger partial charge on any atom is 0.416 e. The van der Waals surface area contributed by atoms with Crippen LogP contribution in [0.5, 0.6) is 0 Å². The van der Waals surface area contributed by atoms with Crippen molar-refractivity contribution < 1.29 is 13.2 Å². The molecule has 0 N–H and O–H groups in total. The van der Waals surface area contributed by atoms with Crippen LogP contribution in [0.2, 0.25) is 0 Å². The van der Waals surface area contributed by atoms with Gasteiger partial charge in [0.1, 0.15) is 0 Å². The molecule has 1 nitrogen and oxygen atoms in total. The molecule has 0 bridgehead atoms. The zero-order chi connectivity index (χ0) is 12.3. The summed E-state index contributed by atoms with van der Waals surface area (Å²) in [5.41, 5.74) is -0.708. The highest BCUT2D eigenvalue weighted by molar-refractivity contribution is 8.00. The highest BCUT2D eigenvalue weighted by Gasteiger charge is 2.33. The first-order valence-corrected chi connectivity index (χ1v) is 5.48. The van der Waals surface area contributed by atoms with Gasteiger partial charge in [0.2, 0.25) is 0 Å². The van der Waals surface area contributed by atoms with Gasteiger partial charge in [0.05, 0.1) is 12.1 Å². The molecule has 0 aliphatic rings. The Labute approximate surface area is 96.5 Å². The van der Waals surface area contributed by atoms with E-state index < -0.39 is 11.7 Å². The van der Waals surface area contributed by atoms with Crippen molar-refractivity contribution in [2.24, 2.45) is 0 Å². The van der Waals surface area contributed by atoms with Crippen molar-refractivity contribution in [3.63, 3.8) is 0 Å². The summed E-state index contributed by atoms with van der Waals surface area (Å²) in [5, 5.41) is 0.0693. The first kappa shape index (κ1) is 12.9. The number of hydrogen-bond donors (Lipinski definition) is 0. The Kier molecular flexibility index (Phi) is 3.87. The van der Waals surface area contributed by atoms with Crippen LogP contribution in [-0.2, 0) is 6.18 Å². The molecule has 0 spiro atoms. The molecule has 0 heterocycles. The van der Waals surface area contributed by atoms with Gasteiger partial charge in [-0.05, 0) is 6.07 Å². The van der Waals surface area contributed by atoms with Crippen molar-refractivity contribution in [3.05, 3.63) is 35.2 Å². The SMILES string of the molecule is [C-]#[N+]c1ccc(SC(C)C)c(C(F)(F)F)c1. The molecule has 1 aromatic carbocycles. The maximum atomic E-state index is 12.7. The van der Waals surface area contributed by atoms with Crippen molar-refractivity contribution in [1.29, 1.82) is 0 Å². The van der Waals surface area contributed by atoms with Crippen molar-refractivity contribution in [1.82, 2.24) is 0 Å². The number of rotatable bonds is 2. The molecule has 16 heavy (non-hydrogen) atoms. The minimum atomic E-state index is -4.40. The summed E-state index contributed by atoms with van der Waals surface area (Å²) in [6, 6.07) is 3.67. The predicted molar refractivity (Wildman–Crippen MR) is 58.7 cm³/mol. The molecule has 0 aliphatic heterocycles. The van der Waals surface area contributed by atoms with Gasteiger partial charge < -0.3 is 0 Å². The number of hydrogen-bond acceptors (Lipinski definition) is 1. The van der Waals surface area contributed by atoms with Crippen LogP contribution in [-0.4, -0.2) is 5.25 Å². The van der Waals surface area contributed by atoms with Crippen LogP contribution in [0.1, 0.15) is 19.4 Å². The monoisotopic (exact) mass is 245 g/mol. The largest absolute Gasteiger partial charge is 0.416 e. The summed E-state index contributed by atoms with van der Waals surface area (Å²) in [5.74, 6) is 0. The Morgan fingerprint density at radius 3 is 2.38 bits per heavy atom. The minimum absolute atomic E-state index is 0.0143. The van der Waals surface area contributed by atoms with Crippen LogP contribution in [0.4, 0.5) is 18.9 Å². The fourth-order valence-corrected chi connectivity index (χ4v) is 2.12. The highest BCUT2D eigenvalue weighted by atomic mass is 32.2. The Balaban J connectivity index is 3.23. The van der Waals surface area contributed by atoms with E-state index >= 15 is 0 Å². The zero-order valence-corrected chi connectivity index (χ0v) is 9.62. The molecule has 0 atom stereocenters. The predicted octanol–water partition coefficient (Wildman–Crippen LogP) is 4.76. The average Bonchev–Trinajstić information content (AvgIpc) is 2.15. The molecule has 0 aliphatic carbocycles. The molecule has 0 unspecified atom stereocenters. The smallest absolute Gasteiger partial charge is 0.238 e. The lowest BCUT2D eigenvalue weighted by molar-refractivity contribution is -0.139. The van der Waals surface area contributed by atoms with Gasteiger partial charge in [-0.25, -0.2) is 4.85 Å². The van der Waals surface area contributed by atoms with E-state index in [-0.39, 0.29) is 15.8 Å². The van der Waals surface area contributed by atoms with Crippen LogP contribution in [0.3, 0.4) is 0 Å². The molecule has 0 radical (unpaired) electrons. The second-order valence-electron chi connectivity index (χ2n) is 3.46. The maximum absolute atomic E-state index is 12.7. The summed E-state index contributed by atoms with van der Waals surface area (Å²) >= 11 is 1.15. The third-order valence-electron chi connectivity index (χ3n) is 1.76. The van der Waals surface area contributed by atoms with Crippen LogP contribution < -0.4 is 0 Å². The summed E-state index contributed by atoms with van der Waals surface area (Å²) < 4.78 is 38.1. The van der Waals surface area contributed by atoms with E-state index in [2.05, 4.69) is 4.85 Å². The number of thioether (sulfide) groups is 1. The molecule has 1 aromatic rings. The molecular formula is C11H10F3NS. The van der Waals surface area contributed by atoms with E-state index in [1.165, 1.54) is 12.1 Å². The fourth-order valence-electron chi connectivity index (χ4n) is 1.17. The molecule has 5 heteroatoms. The molecule has 0 saturated heterocycles. The van der Waals surface area contributed by atoms with Gasteiger partial charge in [-0.3, -0.25) is 0 Å². The lowest BCUT2D eigenvalue weighted by Crippen LogP contribution is -2.07. The number of halogens is 3. The normalized spacial score (nSPS) is 11.6. The van der Waals surface area contributed by atoms with Crippen LogP contribution in [0.15, 0.2) is 23.1 Å². The van der Waals surface area contributed by atoms with E-state index in [4.69, 9.17) is 6.57 Å². The molecule has 0 saturated carbocycles. The number of benzene rings is 1. The van der Waals surface area contributed by atoms with Gasteiger partial charge in [-0.2, -0.15) is 13.2 Å². The quantitative estimate of drug-likeness (QED) is 0.537. The topological polar surface area (TPSA) is 4.36 Å². The van der Waals surface area contributed by atoms with Crippen molar-refractivity contribution in [3.8, 4) is 0 Å². The first-order valence-electron chi connectivity index (χ1n) is 4.60. The van der Waals surface area contributed by atoms with E-state index in [0.717, 1.165) is 17.8 Å². The lowest BCUT2D eigenvalue weighted by atomic mass is 10.2. The first-order chi connectivity index (χ1) is 7.34. The molecule has 1 rings (SSSR count). The van der Waals surface area contributed by atoms with Crippen molar-refractivity contribution >= 4 is 17.4 Å². The van der Waals surface area contributed by atoms with Crippen molar-refractivity contribution in [2.45, 2.75) is 30.2 Å². The molecule has 86 valence electrons. The second-order valence-corrected chi connectivity index (χ2v) is 5.07. The zero-order valence-electron chi connectivity index (χ0n) is 8.80. The van der Waals surface area contributed by atoms with E-state index in [1.807, 2.05) is 13.8 Å². The summed E-state index contributed by atoms with van der Waals surface area (Å²) in [7, 11) is 0. The van der Waals surface area contributed by atoms with Crippen LogP contribution in [0, 0.1) is 6.57 Å². The molecular weight excluding hydrogens is 235 g/mol. The van der Waals surface area contributed by atoms with Crippen LogP contribution >= 0.6 is 11.8 Å². The Morgan fingerprint density at radius 1 is 1.31 bits per heavy atom. The van der Waals surface area contributed by atoms with Crippen molar-refractivity contribution in [2.75, 3.05) is 0 Å². The number of alkyl halides is 3. The Morgan fingerprint density at radius 2 is 1.94 bits per heavy atom. The summed E-state index contributed by atoms with van der Waals surface area (Å²) in [4.78, 5) is 3.18. The van der Waals surface area contributed by atoms with Gasteiger partial charge >= 0.3 is 6.18 Å². The minimum Gasteiger partial charge on any atom is -0.238 e. The standard InChI is InChI=1S/C11H10F3NS/c1-7(2)16-10-5-4-8(15-3)6-9(10)11(12,13)14/h4-7H,1-2H3. The van der Waals surface area contributed by atoms with Crippen LogP contribution in [0.25, 0.3) is 4.85 Å². The average molecular weight is 245 g/mol. The van der Waals surface area contributed by atoms with E-state index in [0.29, 0.717) is 0 Å². The van der Waals surface area contributed by atoms with E-state index in [1.54, 1.807) is 0 Å². The summed E-state index contributed by atoms with van der Waals surface area (Å²) in [6.45, 7) is 10.4. The van der Waals surface area contributed by atoms with Gasteiger partial charge in [0, 0.05) is 10.1 Å². The van der Waals surface area contributed by atoms with Gasteiger partial charge in [0.25, 0.3) is 0 Å². The Bertz CT molecular complexity index is 418. The van der Waals surface area contributed by atoms with E-state index in [9.17, 15) is 13.2 Å². The second kappa shape index (κ2) is 4.79. The Hall–Kier alpha value is -1.15. The highest BCUT2D eigenvalue weighted by Crippen LogP contribution is 2.39. The molecule has 0 amide bonds. The molecule has 0 fully saturated rings. The molecule has 0 aromatic heterocycles. The fraction of sp³-hybridized carbons (Fsp3) is 0.364.